The topological polar surface area (TPSA) is 29.3 Å². The highest BCUT2D eigenvalue weighted by molar-refractivity contribution is 4.74. The minimum atomic E-state index is 0.430. The summed E-state index contributed by atoms with van der Waals surface area (Å²) in [6.07, 6.45) is 12.4. The van der Waals surface area contributed by atoms with Crippen molar-refractivity contribution >= 4 is 0 Å². The highest BCUT2D eigenvalue weighted by atomic mass is 15.1. The summed E-state index contributed by atoms with van der Waals surface area (Å²) in [6, 6.07) is 0.852. The van der Waals surface area contributed by atoms with Crippen molar-refractivity contribution in [1.29, 1.82) is 0 Å². The zero-order chi connectivity index (χ0) is 13.4. The molecule has 2 nitrogen and oxygen atoms in total. The van der Waals surface area contributed by atoms with E-state index in [1.54, 1.807) is 0 Å². The predicted molar refractivity (Wildman–Crippen MR) is 80.8 cm³/mol. The van der Waals surface area contributed by atoms with E-state index in [0.717, 1.165) is 19.0 Å². The standard InChI is InChI=1S/C16H34N2/c1-16(2,12-13-17)11-8-14-18(3)15-9-6-4-5-7-10-15/h15H,4-14,17H2,1-3H3. The molecule has 1 fully saturated rings. The molecule has 0 heterocycles. The Morgan fingerprint density at radius 3 is 2.22 bits per heavy atom. The van der Waals surface area contributed by atoms with E-state index in [-0.39, 0.29) is 0 Å². The smallest absolute Gasteiger partial charge is 0.00922 e. The Morgan fingerprint density at radius 1 is 1.06 bits per heavy atom. The Kier molecular flexibility index (Phi) is 7.25. The van der Waals surface area contributed by atoms with Crippen molar-refractivity contribution in [3.63, 3.8) is 0 Å². The molecular weight excluding hydrogens is 220 g/mol. The molecule has 0 bridgehead atoms. The van der Waals surface area contributed by atoms with Gasteiger partial charge in [-0.2, -0.15) is 0 Å². The van der Waals surface area contributed by atoms with Gasteiger partial charge in [0.15, 0.2) is 0 Å². The van der Waals surface area contributed by atoms with Crippen molar-refractivity contribution in [2.45, 2.75) is 77.7 Å². The van der Waals surface area contributed by atoms with Crippen LogP contribution in [0.1, 0.15) is 71.6 Å². The average molecular weight is 254 g/mol. The third-order valence-electron chi connectivity index (χ3n) is 4.63. The van der Waals surface area contributed by atoms with Crippen LogP contribution in [0.4, 0.5) is 0 Å². The molecule has 1 aliphatic carbocycles. The van der Waals surface area contributed by atoms with Gasteiger partial charge in [0.05, 0.1) is 0 Å². The molecule has 0 unspecified atom stereocenters. The molecule has 1 saturated carbocycles. The number of nitrogens with zero attached hydrogens (tertiary/aromatic N) is 1. The lowest BCUT2D eigenvalue weighted by Gasteiger charge is -2.29. The van der Waals surface area contributed by atoms with Crippen LogP contribution in [0.15, 0.2) is 0 Å². The summed E-state index contributed by atoms with van der Waals surface area (Å²) in [6.45, 7) is 6.79. The van der Waals surface area contributed by atoms with Crippen LogP contribution in [0, 0.1) is 5.41 Å². The van der Waals surface area contributed by atoms with Gasteiger partial charge in [-0.1, -0.05) is 39.5 Å². The third kappa shape index (κ3) is 6.19. The highest BCUT2D eigenvalue weighted by Gasteiger charge is 2.19. The van der Waals surface area contributed by atoms with Crippen LogP contribution >= 0.6 is 0 Å². The number of hydrogen-bond donors (Lipinski definition) is 1. The summed E-state index contributed by atoms with van der Waals surface area (Å²) in [7, 11) is 2.33. The maximum Gasteiger partial charge on any atom is 0.00922 e. The molecule has 1 rings (SSSR count). The van der Waals surface area contributed by atoms with Gasteiger partial charge in [0.2, 0.25) is 0 Å². The Hall–Kier alpha value is -0.0800. The second-order valence-corrected chi connectivity index (χ2v) is 6.93. The maximum atomic E-state index is 5.67. The van der Waals surface area contributed by atoms with Crippen LogP contribution < -0.4 is 5.73 Å². The molecule has 0 amide bonds. The number of hydrogen-bond acceptors (Lipinski definition) is 2. The second-order valence-electron chi connectivity index (χ2n) is 6.93. The van der Waals surface area contributed by atoms with E-state index >= 15 is 0 Å². The summed E-state index contributed by atoms with van der Waals surface area (Å²) < 4.78 is 0. The maximum absolute atomic E-state index is 5.67. The molecule has 0 aromatic rings. The molecule has 2 heteroatoms. The van der Waals surface area contributed by atoms with Crippen LogP contribution in [0.5, 0.6) is 0 Å². The van der Waals surface area contributed by atoms with Gasteiger partial charge in [-0.05, 0) is 57.7 Å². The van der Waals surface area contributed by atoms with Crippen molar-refractivity contribution in [3.05, 3.63) is 0 Å². The first kappa shape index (κ1) is 16.0. The quantitative estimate of drug-likeness (QED) is 0.700. The third-order valence-corrected chi connectivity index (χ3v) is 4.63. The first-order chi connectivity index (χ1) is 8.55. The van der Waals surface area contributed by atoms with Crippen molar-refractivity contribution in [3.8, 4) is 0 Å². The van der Waals surface area contributed by atoms with E-state index in [9.17, 15) is 0 Å². The number of rotatable bonds is 7. The molecular formula is C16H34N2. The molecule has 0 aromatic heterocycles. The Morgan fingerprint density at radius 2 is 1.67 bits per heavy atom. The van der Waals surface area contributed by atoms with E-state index in [1.807, 2.05) is 0 Å². The molecule has 108 valence electrons. The Labute approximate surface area is 114 Å². The number of nitrogens with two attached hydrogens (primary N) is 1. The molecule has 1 aliphatic rings. The average Bonchev–Trinajstić information content (AvgIpc) is 2.56. The largest absolute Gasteiger partial charge is 0.330 e. The van der Waals surface area contributed by atoms with Gasteiger partial charge in [0.1, 0.15) is 0 Å². The molecule has 0 aliphatic heterocycles. The molecule has 2 N–H and O–H groups in total. The van der Waals surface area contributed by atoms with Crippen molar-refractivity contribution < 1.29 is 0 Å². The van der Waals surface area contributed by atoms with Crippen molar-refractivity contribution in [1.82, 2.24) is 4.90 Å². The summed E-state index contributed by atoms with van der Waals surface area (Å²) >= 11 is 0. The van der Waals surface area contributed by atoms with Crippen LogP contribution in [-0.2, 0) is 0 Å². The van der Waals surface area contributed by atoms with Crippen LogP contribution in [0.3, 0.4) is 0 Å². The van der Waals surface area contributed by atoms with E-state index < -0.39 is 0 Å². The van der Waals surface area contributed by atoms with Gasteiger partial charge in [-0.25, -0.2) is 0 Å². The zero-order valence-corrected chi connectivity index (χ0v) is 12.9. The summed E-state index contributed by atoms with van der Waals surface area (Å²) in [5.74, 6) is 0. The predicted octanol–water partition coefficient (Wildman–Crippen LogP) is 3.80. The van der Waals surface area contributed by atoms with Gasteiger partial charge in [0, 0.05) is 6.04 Å². The normalized spacial score (nSPS) is 19.2. The fourth-order valence-corrected chi connectivity index (χ4v) is 3.20. The molecule has 0 saturated heterocycles. The molecule has 18 heavy (non-hydrogen) atoms. The molecule has 0 spiro atoms. The summed E-state index contributed by atoms with van der Waals surface area (Å²) in [4.78, 5) is 2.61. The minimum Gasteiger partial charge on any atom is -0.330 e. The van der Waals surface area contributed by atoms with Gasteiger partial charge in [-0.3, -0.25) is 0 Å². The summed E-state index contributed by atoms with van der Waals surface area (Å²) in [5, 5.41) is 0. The lowest BCUT2D eigenvalue weighted by molar-refractivity contribution is 0.200. The van der Waals surface area contributed by atoms with E-state index in [4.69, 9.17) is 5.73 Å². The van der Waals surface area contributed by atoms with Crippen LogP contribution in [0.2, 0.25) is 0 Å². The van der Waals surface area contributed by atoms with E-state index in [0.29, 0.717) is 5.41 Å². The van der Waals surface area contributed by atoms with E-state index in [2.05, 4.69) is 25.8 Å². The van der Waals surface area contributed by atoms with E-state index in [1.165, 1.54) is 57.9 Å². The van der Waals surface area contributed by atoms with Gasteiger partial charge >= 0.3 is 0 Å². The summed E-state index contributed by atoms with van der Waals surface area (Å²) in [5.41, 5.74) is 6.10. The van der Waals surface area contributed by atoms with Gasteiger partial charge < -0.3 is 10.6 Å². The first-order valence-corrected chi connectivity index (χ1v) is 7.95. The minimum absolute atomic E-state index is 0.430. The monoisotopic (exact) mass is 254 g/mol. The van der Waals surface area contributed by atoms with Gasteiger partial charge in [0.25, 0.3) is 0 Å². The van der Waals surface area contributed by atoms with Crippen molar-refractivity contribution in [2.24, 2.45) is 11.1 Å². The highest BCUT2D eigenvalue weighted by Crippen LogP contribution is 2.27. The fourth-order valence-electron chi connectivity index (χ4n) is 3.20. The molecule has 0 aromatic carbocycles. The van der Waals surface area contributed by atoms with Crippen LogP contribution in [-0.4, -0.2) is 31.1 Å². The van der Waals surface area contributed by atoms with Gasteiger partial charge in [-0.15, -0.1) is 0 Å². The second kappa shape index (κ2) is 8.16. The SMILES string of the molecule is CN(CCCC(C)(C)CCN)C1CCCCCC1. The first-order valence-electron chi connectivity index (χ1n) is 7.95. The Balaban J connectivity index is 2.21. The van der Waals surface area contributed by atoms with Crippen molar-refractivity contribution in [2.75, 3.05) is 20.1 Å². The molecule has 0 atom stereocenters. The zero-order valence-electron chi connectivity index (χ0n) is 12.9. The van der Waals surface area contributed by atoms with Crippen LogP contribution in [0.25, 0.3) is 0 Å². The Bertz CT molecular complexity index is 205. The lowest BCUT2D eigenvalue weighted by atomic mass is 9.84. The fraction of sp³-hybridized carbons (Fsp3) is 1.00. The molecule has 0 radical (unpaired) electrons. The lowest BCUT2D eigenvalue weighted by Crippen LogP contribution is -2.32.